The van der Waals surface area contributed by atoms with Gasteiger partial charge in [0.15, 0.2) is 0 Å². The van der Waals surface area contributed by atoms with Crippen molar-refractivity contribution in [2.45, 2.75) is 76.5 Å². The van der Waals surface area contributed by atoms with E-state index < -0.39 is 6.23 Å². The maximum atomic E-state index is 12.4. The number of aliphatic hydroxyl groups excluding tert-OH is 1. The summed E-state index contributed by atoms with van der Waals surface area (Å²) in [6.07, 6.45) is 10.7. The normalized spacial score (nSPS) is 24.3. The predicted molar refractivity (Wildman–Crippen MR) is 116 cm³/mol. The van der Waals surface area contributed by atoms with Crippen LogP contribution in [-0.4, -0.2) is 52.0 Å². The van der Waals surface area contributed by atoms with E-state index in [4.69, 9.17) is 16.7 Å². The fraction of sp³-hybridized carbons (Fsp3) is 0.652. The van der Waals surface area contributed by atoms with Crippen LogP contribution in [0.25, 0.3) is 0 Å². The summed E-state index contributed by atoms with van der Waals surface area (Å²) in [5.74, 6) is 1.02. The lowest BCUT2D eigenvalue weighted by atomic mass is 9.86. The Kier molecular flexibility index (Phi) is 6.76. The fourth-order valence-corrected chi connectivity index (χ4v) is 5.15. The van der Waals surface area contributed by atoms with Crippen LogP contribution in [0.1, 0.15) is 69.8 Å². The second-order valence-electron chi connectivity index (χ2n) is 8.74. The number of hydrogen-bond donors (Lipinski definition) is 1. The first-order chi connectivity index (χ1) is 14.1. The Balaban J connectivity index is 1.42. The third kappa shape index (κ3) is 4.95. The van der Waals surface area contributed by atoms with Crippen LogP contribution in [0.2, 0.25) is 5.02 Å². The average Bonchev–Trinajstić information content (AvgIpc) is 3.35. The number of carbonyl (C=O) groups excluding carboxylic acids is 1. The summed E-state index contributed by atoms with van der Waals surface area (Å²) in [5, 5.41) is 18.1. The van der Waals surface area contributed by atoms with Gasteiger partial charge in [0.1, 0.15) is 6.23 Å². The molecule has 1 N–H and O–H groups in total. The van der Waals surface area contributed by atoms with Crippen LogP contribution in [0.15, 0.2) is 29.4 Å². The summed E-state index contributed by atoms with van der Waals surface area (Å²) < 4.78 is 0. The molecule has 0 spiro atoms. The molecule has 2 unspecified atom stereocenters. The van der Waals surface area contributed by atoms with Crippen LogP contribution in [0.5, 0.6) is 0 Å². The molecule has 1 amide bonds. The van der Waals surface area contributed by atoms with Crippen molar-refractivity contribution < 1.29 is 9.90 Å². The van der Waals surface area contributed by atoms with Crippen molar-refractivity contribution in [2.75, 3.05) is 13.1 Å². The maximum absolute atomic E-state index is 12.4. The minimum atomic E-state index is -0.594. The van der Waals surface area contributed by atoms with E-state index in [1.807, 2.05) is 29.2 Å². The summed E-state index contributed by atoms with van der Waals surface area (Å²) in [7, 11) is 0. The highest BCUT2D eigenvalue weighted by Gasteiger charge is 2.38. The largest absolute Gasteiger partial charge is 0.372 e. The molecule has 2 heterocycles. The molecule has 158 valence electrons. The number of likely N-dealkylation sites (tertiary alicyclic amines) is 1. The summed E-state index contributed by atoms with van der Waals surface area (Å²) in [4.78, 5) is 14.3. The Labute approximate surface area is 178 Å². The van der Waals surface area contributed by atoms with E-state index in [-0.39, 0.29) is 11.9 Å². The smallest absolute Gasteiger partial charge is 0.223 e. The molecule has 3 aliphatic rings. The lowest BCUT2D eigenvalue weighted by molar-refractivity contribution is -0.129. The first-order valence-electron chi connectivity index (χ1n) is 11.2. The molecule has 1 saturated carbocycles. The standard InChI is InChI=1S/C23H32ClN3O2/c24-19-13-11-18(12-14-19)23-20(26-15-5-10-21(26)28)16-27(25-23)22(29)9-4-8-17-6-2-1-3-7-17/h11-14,17,20,22,29H,1-10,15-16H2. The van der Waals surface area contributed by atoms with Gasteiger partial charge >= 0.3 is 0 Å². The van der Waals surface area contributed by atoms with E-state index in [1.165, 1.54) is 38.5 Å². The molecule has 2 fully saturated rings. The fourth-order valence-electron chi connectivity index (χ4n) is 5.03. The molecular formula is C23H32ClN3O2. The lowest BCUT2D eigenvalue weighted by Gasteiger charge is -2.27. The molecule has 29 heavy (non-hydrogen) atoms. The Bertz CT molecular complexity index is 730. The van der Waals surface area contributed by atoms with Gasteiger partial charge in [0.2, 0.25) is 5.91 Å². The van der Waals surface area contributed by atoms with E-state index in [0.717, 1.165) is 43.0 Å². The summed E-state index contributed by atoms with van der Waals surface area (Å²) >= 11 is 6.05. The molecule has 6 heteroatoms. The molecule has 0 bridgehead atoms. The number of nitrogens with zero attached hydrogens (tertiary/aromatic N) is 3. The third-order valence-corrected chi connectivity index (χ3v) is 6.93. The van der Waals surface area contributed by atoms with Gasteiger partial charge < -0.3 is 10.0 Å². The van der Waals surface area contributed by atoms with Gasteiger partial charge in [-0.25, -0.2) is 0 Å². The number of hydrazone groups is 1. The zero-order valence-electron chi connectivity index (χ0n) is 17.1. The van der Waals surface area contributed by atoms with Gasteiger partial charge in [0, 0.05) is 23.6 Å². The number of halogens is 1. The van der Waals surface area contributed by atoms with Gasteiger partial charge in [-0.1, -0.05) is 62.3 Å². The number of rotatable bonds is 7. The molecule has 1 aromatic rings. The van der Waals surface area contributed by atoms with Gasteiger partial charge in [0.25, 0.3) is 0 Å². The third-order valence-electron chi connectivity index (χ3n) is 6.68. The highest BCUT2D eigenvalue weighted by molar-refractivity contribution is 6.30. The van der Waals surface area contributed by atoms with Crippen LogP contribution in [-0.2, 0) is 4.79 Å². The Morgan fingerprint density at radius 3 is 2.59 bits per heavy atom. The average molecular weight is 418 g/mol. The van der Waals surface area contributed by atoms with Crippen molar-refractivity contribution >= 4 is 23.2 Å². The van der Waals surface area contributed by atoms with Crippen molar-refractivity contribution in [3.8, 4) is 0 Å². The van der Waals surface area contributed by atoms with Gasteiger partial charge in [-0.2, -0.15) is 5.10 Å². The van der Waals surface area contributed by atoms with Crippen molar-refractivity contribution in [1.82, 2.24) is 9.91 Å². The van der Waals surface area contributed by atoms with Crippen LogP contribution >= 0.6 is 11.6 Å². The number of benzene rings is 1. The molecule has 1 saturated heterocycles. The van der Waals surface area contributed by atoms with Crippen LogP contribution in [0, 0.1) is 5.92 Å². The van der Waals surface area contributed by atoms with Gasteiger partial charge in [-0.15, -0.1) is 0 Å². The molecule has 1 aliphatic carbocycles. The summed E-state index contributed by atoms with van der Waals surface area (Å²) in [5.41, 5.74) is 1.83. The Morgan fingerprint density at radius 1 is 1.14 bits per heavy atom. The molecule has 0 radical (unpaired) electrons. The Hall–Kier alpha value is -1.59. The first kappa shape index (κ1) is 20.7. The minimum Gasteiger partial charge on any atom is -0.372 e. The topological polar surface area (TPSA) is 56.1 Å². The zero-order valence-corrected chi connectivity index (χ0v) is 17.9. The highest BCUT2D eigenvalue weighted by Crippen LogP contribution is 2.29. The molecular weight excluding hydrogens is 386 g/mol. The number of hydrogen-bond acceptors (Lipinski definition) is 4. The van der Waals surface area contributed by atoms with Crippen molar-refractivity contribution in [3.05, 3.63) is 34.9 Å². The molecule has 4 rings (SSSR count). The molecule has 5 nitrogen and oxygen atoms in total. The second-order valence-corrected chi connectivity index (χ2v) is 9.17. The molecule has 1 aromatic carbocycles. The molecule has 0 aromatic heterocycles. The van der Waals surface area contributed by atoms with Crippen molar-refractivity contribution in [2.24, 2.45) is 11.0 Å². The minimum absolute atomic E-state index is 0.0980. The van der Waals surface area contributed by atoms with Gasteiger partial charge in [0.05, 0.1) is 18.3 Å². The van der Waals surface area contributed by atoms with Crippen LogP contribution in [0.4, 0.5) is 0 Å². The van der Waals surface area contributed by atoms with Crippen molar-refractivity contribution in [1.29, 1.82) is 0 Å². The van der Waals surface area contributed by atoms with E-state index in [9.17, 15) is 9.90 Å². The van der Waals surface area contributed by atoms with E-state index in [0.29, 0.717) is 18.0 Å². The monoisotopic (exact) mass is 417 g/mol. The SMILES string of the molecule is O=C1CCCN1C1CN(C(O)CCCC2CCCCC2)N=C1c1ccc(Cl)cc1. The molecule has 2 atom stereocenters. The van der Waals surface area contributed by atoms with Crippen molar-refractivity contribution in [3.63, 3.8) is 0 Å². The van der Waals surface area contributed by atoms with Gasteiger partial charge in [-0.3, -0.25) is 9.80 Å². The van der Waals surface area contributed by atoms with Crippen LogP contribution < -0.4 is 0 Å². The summed E-state index contributed by atoms with van der Waals surface area (Å²) in [6, 6.07) is 7.51. The quantitative estimate of drug-likeness (QED) is 0.714. The molecule has 2 aliphatic heterocycles. The lowest BCUT2D eigenvalue weighted by Crippen LogP contribution is -2.45. The number of aliphatic hydroxyl groups is 1. The van der Waals surface area contributed by atoms with Gasteiger partial charge in [-0.05, 0) is 37.3 Å². The predicted octanol–water partition coefficient (Wildman–Crippen LogP) is 4.42. The Morgan fingerprint density at radius 2 is 1.90 bits per heavy atom. The second kappa shape index (κ2) is 9.48. The van der Waals surface area contributed by atoms with E-state index >= 15 is 0 Å². The highest BCUT2D eigenvalue weighted by atomic mass is 35.5. The first-order valence-corrected chi connectivity index (χ1v) is 11.6. The number of carbonyl (C=O) groups is 1. The van der Waals surface area contributed by atoms with E-state index in [2.05, 4.69) is 0 Å². The summed E-state index contributed by atoms with van der Waals surface area (Å²) in [6.45, 7) is 1.33. The van der Waals surface area contributed by atoms with Crippen LogP contribution in [0.3, 0.4) is 0 Å². The zero-order chi connectivity index (χ0) is 20.2. The van der Waals surface area contributed by atoms with E-state index in [1.54, 1.807) is 5.01 Å². The number of amides is 1. The maximum Gasteiger partial charge on any atom is 0.223 e.